The number of hydrogen-bond donors (Lipinski definition) is 2. The summed E-state index contributed by atoms with van der Waals surface area (Å²) in [6, 6.07) is 13.7. The SMILES string of the molecule is COC(=O)c1cccc(C(=O)Nc2cccc(CC[C@H]3OC(=O)[C@@H]3CO)c2)c1. The molecule has 1 fully saturated rings. The molecule has 7 nitrogen and oxygen atoms in total. The summed E-state index contributed by atoms with van der Waals surface area (Å²) in [6.07, 6.45) is 0.989. The van der Waals surface area contributed by atoms with Crippen LogP contribution >= 0.6 is 0 Å². The van der Waals surface area contributed by atoms with Gasteiger partial charge in [0, 0.05) is 11.3 Å². The molecule has 0 spiro atoms. The molecular weight excluding hydrogens is 362 g/mol. The minimum Gasteiger partial charge on any atom is -0.465 e. The molecule has 1 aliphatic heterocycles. The first-order chi connectivity index (χ1) is 13.5. The molecule has 0 aromatic heterocycles. The van der Waals surface area contributed by atoms with Crippen LogP contribution in [0.4, 0.5) is 5.69 Å². The van der Waals surface area contributed by atoms with Gasteiger partial charge in [0.25, 0.3) is 5.91 Å². The summed E-state index contributed by atoms with van der Waals surface area (Å²) >= 11 is 0. The van der Waals surface area contributed by atoms with Gasteiger partial charge < -0.3 is 19.9 Å². The number of cyclic esters (lactones) is 1. The van der Waals surface area contributed by atoms with Crippen LogP contribution in [0.25, 0.3) is 0 Å². The highest BCUT2D eigenvalue weighted by Gasteiger charge is 2.41. The lowest BCUT2D eigenvalue weighted by Crippen LogP contribution is -2.47. The Morgan fingerprint density at radius 2 is 1.89 bits per heavy atom. The number of benzene rings is 2. The van der Waals surface area contributed by atoms with Crippen LogP contribution in [0.3, 0.4) is 0 Å². The Kier molecular flexibility index (Phi) is 6.06. The number of amides is 1. The third kappa shape index (κ3) is 4.37. The van der Waals surface area contributed by atoms with Gasteiger partial charge >= 0.3 is 11.9 Å². The van der Waals surface area contributed by atoms with Crippen molar-refractivity contribution in [3.8, 4) is 0 Å². The summed E-state index contributed by atoms with van der Waals surface area (Å²) in [5.41, 5.74) is 2.24. The number of anilines is 1. The quantitative estimate of drug-likeness (QED) is 0.711. The van der Waals surface area contributed by atoms with Crippen LogP contribution in [-0.2, 0) is 20.7 Å². The lowest BCUT2D eigenvalue weighted by atomic mass is 9.92. The molecule has 1 saturated heterocycles. The zero-order chi connectivity index (χ0) is 20.1. The van der Waals surface area contributed by atoms with E-state index in [1.165, 1.54) is 13.2 Å². The Bertz CT molecular complexity index is 894. The molecule has 1 aliphatic rings. The highest BCUT2D eigenvalue weighted by molar-refractivity contribution is 6.05. The molecule has 7 heteroatoms. The van der Waals surface area contributed by atoms with Crippen LogP contribution in [0.5, 0.6) is 0 Å². The van der Waals surface area contributed by atoms with E-state index >= 15 is 0 Å². The maximum Gasteiger partial charge on any atom is 0.337 e. The molecule has 1 amide bonds. The molecule has 0 aliphatic carbocycles. The van der Waals surface area contributed by atoms with Crippen LogP contribution in [0.1, 0.15) is 32.7 Å². The van der Waals surface area contributed by atoms with E-state index in [1.807, 2.05) is 18.2 Å². The van der Waals surface area contributed by atoms with Gasteiger partial charge in [0.15, 0.2) is 0 Å². The molecule has 2 atom stereocenters. The molecular formula is C21H21NO6. The second kappa shape index (κ2) is 8.67. The van der Waals surface area contributed by atoms with Gasteiger partial charge in [-0.15, -0.1) is 0 Å². The molecule has 0 saturated carbocycles. The van der Waals surface area contributed by atoms with E-state index < -0.39 is 11.9 Å². The number of ether oxygens (including phenoxy) is 2. The van der Waals surface area contributed by atoms with Crippen LogP contribution in [0, 0.1) is 5.92 Å². The van der Waals surface area contributed by atoms with E-state index in [2.05, 4.69) is 10.1 Å². The van der Waals surface area contributed by atoms with Gasteiger partial charge in [-0.05, 0) is 48.7 Å². The number of aliphatic hydroxyl groups excluding tert-OH is 1. The molecule has 0 bridgehead atoms. The Hall–Kier alpha value is -3.19. The normalized spacial score (nSPS) is 18.0. The molecule has 28 heavy (non-hydrogen) atoms. The van der Waals surface area contributed by atoms with Crippen LogP contribution in [-0.4, -0.2) is 42.8 Å². The van der Waals surface area contributed by atoms with Crippen LogP contribution in [0.2, 0.25) is 0 Å². The number of carbonyl (C=O) groups excluding carboxylic acids is 3. The Labute approximate surface area is 162 Å². The maximum atomic E-state index is 12.5. The molecule has 146 valence electrons. The molecule has 2 aromatic carbocycles. The fourth-order valence-electron chi connectivity index (χ4n) is 3.07. The highest BCUT2D eigenvalue weighted by Crippen LogP contribution is 2.26. The van der Waals surface area contributed by atoms with Gasteiger partial charge in [-0.2, -0.15) is 0 Å². The van der Waals surface area contributed by atoms with E-state index in [9.17, 15) is 14.4 Å². The third-order valence-electron chi connectivity index (χ3n) is 4.66. The van der Waals surface area contributed by atoms with Crippen molar-refractivity contribution in [1.82, 2.24) is 0 Å². The molecule has 0 unspecified atom stereocenters. The summed E-state index contributed by atoms with van der Waals surface area (Å²) in [5.74, 6) is -1.64. The lowest BCUT2D eigenvalue weighted by molar-refractivity contribution is -0.188. The molecule has 3 rings (SSSR count). The zero-order valence-corrected chi connectivity index (χ0v) is 15.4. The average molecular weight is 383 g/mol. The Morgan fingerprint density at radius 3 is 2.61 bits per heavy atom. The largest absolute Gasteiger partial charge is 0.465 e. The van der Waals surface area contributed by atoms with E-state index in [0.717, 1.165) is 5.56 Å². The fraction of sp³-hybridized carbons (Fsp3) is 0.286. The second-order valence-electron chi connectivity index (χ2n) is 6.53. The zero-order valence-electron chi connectivity index (χ0n) is 15.4. The van der Waals surface area contributed by atoms with Gasteiger partial charge in [0.1, 0.15) is 12.0 Å². The van der Waals surface area contributed by atoms with Crippen molar-refractivity contribution in [3.63, 3.8) is 0 Å². The van der Waals surface area contributed by atoms with E-state index in [4.69, 9.17) is 9.84 Å². The van der Waals surface area contributed by atoms with Crippen molar-refractivity contribution in [2.24, 2.45) is 5.92 Å². The number of aliphatic hydroxyl groups is 1. The van der Waals surface area contributed by atoms with E-state index in [0.29, 0.717) is 29.7 Å². The number of aryl methyl sites for hydroxylation is 1. The summed E-state index contributed by atoms with van der Waals surface area (Å²) in [5, 5.41) is 12.0. The second-order valence-corrected chi connectivity index (χ2v) is 6.53. The van der Waals surface area contributed by atoms with Crippen molar-refractivity contribution < 1.29 is 29.0 Å². The van der Waals surface area contributed by atoms with Gasteiger partial charge in [-0.3, -0.25) is 9.59 Å². The van der Waals surface area contributed by atoms with Crippen molar-refractivity contribution in [2.45, 2.75) is 18.9 Å². The molecule has 0 radical (unpaired) electrons. The summed E-state index contributed by atoms with van der Waals surface area (Å²) in [6.45, 7) is -0.204. The van der Waals surface area contributed by atoms with Gasteiger partial charge in [-0.25, -0.2) is 4.79 Å². The van der Waals surface area contributed by atoms with Crippen LogP contribution < -0.4 is 5.32 Å². The Morgan fingerprint density at radius 1 is 1.14 bits per heavy atom. The summed E-state index contributed by atoms with van der Waals surface area (Å²) < 4.78 is 9.72. The summed E-state index contributed by atoms with van der Waals surface area (Å²) in [7, 11) is 1.29. The lowest BCUT2D eigenvalue weighted by Gasteiger charge is -2.33. The smallest absolute Gasteiger partial charge is 0.337 e. The minimum atomic E-state index is -0.505. The van der Waals surface area contributed by atoms with Gasteiger partial charge in [-0.1, -0.05) is 18.2 Å². The first-order valence-electron chi connectivity index (χ1n) is 8.92. The average Bonchev–Trinajstić information content (AvgIpc) is 2.71. The molecule has 2 N–H and O–H groups in total. The Balaban J connectivity index is 1.62. The number of carbonyl (C=O) groups is 3. The van der Waals surface area contributed by atoms with Gasteiger partial charge in [0.2, 0.25) is 0 Å². The minimum absolute atomic E-state index is 0.204. The fourth-order valence-corrected chi connectivity index (χ4v) is 3.07. The maximum absolute atomic E-state index is 12.5. The number of rotatable bonds is 7. The highest BCUT2D eigenvalue weighted by atomic mass is 16.6. The topological polar surface area (TPSA) is 102 Å². The summed E-state index contributed by atoms with van der Waals surface area (Å²) in [4.78, 5) is 35.3. The van der Waals surface area contributed by atoms with Crippen molar-refractivity contribution >= 4 is 23.5 Å². The van der Waals surface area contributed by atoms with Gasteiger partial charge in [0.05, 0.1) is 19.3 Å². The van der Waals surface area contributed by atoms with Crippen molar-refractivity contribution in [2.75, 3.05) is 19.0 Å². The van der Waals surface area contributed by atoms with Crippen molar-refractivity contribution in [3.05, 3.63) is 65.2 Å². The predicted molar refractivity (Wildman–Crippen MR) is 101 cm³/mol. The monoisotopic (exact) mass is 383 g/mol. The third-order valence-corrected chi connectivity index (χ3v) is 4.66. The number of methoxy groups -OCH3 is 1. The number of hydrogen-bond acceptors (Lipinski definition) is 6. The standard InChI is InChI=1S/C21H21NO6/c1-27-20(25)15-6-3-5-14(11-15)19(24)22-16-7-2-4-13(10-16)8-9-18-17(12-23)21(26)28-18/h2-7,10-11,17-18,23H,8-9,12H2,1H3,(H,22,24)/t17-,18-/m1/s1. The van der Waals surface area contributed by atoms with Crippen LogP contribution in [0.15, 0.2) is 48.5 Å². The van der Waals surface area contributed by atoms with E-state index in [-0.39, 0.29) is 24.6 Å². The predicted octanol–water partition coefficient (Wildman–Crippen LogP) is 2.19. The molecule has 1 heterocycles. The molecule has 2 aromatic rings. The number of esters is 2. The van der Waals surface area contributed by atoms with Crippen molar-refractivity contribution in [1.29, 1.82) is 0 Å². The first kappa shape index (κ1) is 19.6. The first-order valence-corrected chi connectivity index (χ1v) is 8.92. The number of nitrogens with one attached hydrogen (secondary N) is 1. The van der Waals surface area contributed by atoms with E-state index in [1.54, 1.807) is 24.3 Å².